The summed E-state index contributed by atoms with van der Waals surface area (Å²) in [6, 6.07) is 30.8. The minimum Gasteiger partial charge on any atom is -0.345 e. The molecule has 4 aromatic carbocycles. The van der Waals surface area contributed by atoms with Crippen LogP contribution in [-0.2, 0) is 17.0 Å². The van der Waals surface area contributed by atoms with Crippen molar-refractivity contribution >= 4 is 40.9 Å². The standard InChI is InChI=1S/C33H29Cl2FN4OS/c1-2-27(24-11-7-4-8-12-24)32(41)37-29(19-22-9-5-3-6-10-22)31-38-39-33(42-21-23-13-16-26(36)17-14-23)40(31)30-18-15-25(34)20-28(30)35/h3-18,20,27,29H,2,19,21H2,1H3,(H,37,41). The van der Waals surface area contributed by atoms with Crippen LogP contribution in [0, 0.1) is 5.82 Å². The van der Waals surface area contributed by atoms with Gasteiger partial charge in [0.2, 0.25) is 5.91 Å². The van der Waals surface area contributed by atoms with Crippen molar-refractivity contribution in [3.63, 3.8) is 0 Å². The van der Waals surface area contributed by atoms with Crippen molar-refractivity contribution in [2.75, 3.05) is 0 Å². The zero-order valence-corrected chi connectivity index (χ0v) is 25.2. The maximum absolute atomic E-state index is 13.8. The molecule has 0 saturated carbocycles. The molecule has 0 aliphatic rings. The predicted molar refractivity (Wildman–Crippen MR) is 168 cm³/mol. The molecular weight excluding hydrogens is 590 g/mol. The molecule has 0 spiro atoms. The highest BCUT2D eigenvalue weighted by atomic mass is 35.5. The summed E-state index contributed by atoms with van der Waals surface area (Å²) in [5.41, 5.74) is 3.56. The van der Waals surface area contributed by atoms with Gasteiger partial charge in [-0.2, -0.15) is 0 Å². The molecular formula is C33H29Cl2FN4OS. The molecule has 1 aromatic heterocycles. The summed E-state index contributed by atoms with van der Waals surface area (Å²) >= 11 is 14.4. The second-order valence-electron chi connectivity index (χ2n) is 9.81. The number of hydrogen-bond donors (Lipinski definition) is 1. The van der Waals surface area contributed by atoms with Gasteiger partial charge in [-0.1, -0.05) is 115 Å². The van der Waals surface area contributed by atoms with E-state index in [1.807, 2.05) is 78.2 Å². The van der Waals surface area contributed by atoms with Gasteiger partial charge in [0.05, 0.1) is 22.7 Å². The Labute approximate surface area is 259 Å². The highest BCUT2D eigenvalue weighted by Crippen LogP contribution is 2.34. The van der Waals surface area contributed by atoms with Crippen molar-refractivity contribution in [2.45, 2.75) is 42.6 Å². The van der Waals surface area contributed by atoms with Gasteiger partial charge in [0.1, 0.15) is 5.82 Å². The van der Waals surface area contributed by atoms with Crippen molar-refractivity contribution in [1.29, 1.82) is 0 Å². The molecule has 0 fully saturated rings. The number of halogens is 3. The Hall–Kier alpha value is -3.65. The first-order valence-electron chi connectivity index (χ1n) is 13.6. The van der Waals surface area contributed by atoms with Crippen LogP contribution in [0.1, 0.15) is 47.8 Å². The van der Waals surface area contributed by atoms with E-state index in [9.17, 15) is 9.18 Å². The maximum atomic E-state index is 13.8. The zero-order valence-electron chi connectivity index (χ0n) is 22.9. The summed E-state index contributed by atoms with van der Waals surface area (Å²) in [5, 5.41) is 13.9. The Morgan fingerprint density at radius 3 is 2.26 bits per heavy atom. The molecule has 0 aliphatic carbocycles. The average Bonchev–Trinajstić information content (AvgIpc) is 3.41. The molecule has 1 heterocycles. The molecule has 0 aliphatic heterocycles. The highest BCUT2D eigenvalue weighted by Gasteiger charge is 2.28. The molecule has 5 rings (SSSR count). The lowest BCUT2D eigenvalue weighted by atomic mass is 9.94. The van der Waals surface area contributed by atoms with Gasteiger partial charge >= 0.3 is 0 Å². The van der Waals surface area contributed by atoms with Crippen LogP contribution < -0.4 is 5.32 Å². The van der Waals surface area contributed by atoms with E-state index in [1.165, 1.54) is 23.9 Å². The molecule has 1 N–H and O–H groups in total. The van der Waals surface area contributed by atoms with Crippen LogP contribution in [0.4, 0.5) is 4.39 Å². The van der Waals surface area contributed by atoms with Crippen LogP contribution in [0.25, 0.3) is 5.69 Å². The Kier molecular flexibility index (Phi) is 9.95. The normalized spacial score (nSPS) is 12.6. The van der Waals surface area contributed by atoms with Crippen LogP contribution in [0.5, 0.6) is 0 Å². The minimum absolute atomic E-state index is 0.0955. The van der Waals surface area contributed by atoms with Gasteiger partial charge in [0, 0.05) is 10.8 Å². The summed E-state index contributed by atoms with van der Waals surface area (Å²) in [5.74, 6) is 0.364. The number of nitrogens with zero attached hydrogens (tertiary/aromatic N) is 3. The van der Waals surface area contributed by atoms with Crippen molar-refractivity contribution in [1.82, 2.24) is 20.1 Å². The van der Waals surface area contributed by atoms with Crippen LogP contribution >= 0.6 is 35.0 Å². The number of rotatable bonds is 11. The van der Waals surface area contributed by atoms with E-state index in [2.05, 4.69) is 15.5 Å². The number of amides is 1. The summed E-state index contributed by atoms with van der Waals surface area (Å²) < 4.78 is 15.4. The van der Waals surface area contributed by atoms with E-state index in [0.29, 0.717) is 45.3 Å². The molecule has 42 heavy (non-hydrogen) atoms. The summed E-state index contributed by atoms with van der Waals surface area (Å²) in [6.07, 6.45) is 1.13. The van der Waals surface area contributed by atoms with Crippen LogP contribution in [0.2, 0.25) is 10.0 Å². The molecule has 5 nitrogen and oxygen atoms in total. The third kappa shape index (κ3) is 7.21. The first-order valence-corrected chi connectivity index (χ1v) is 15.3. The Morgan fingerprint density at radius 2 is 1.60 bits per heavy atom. The quantitative estimate of drug-likeness (QED) is 0.151. The third-order valence-corrected chi connectivity index (χ3v) is 8.47. The van der Waals surface area contributed by atoms with Gasteiger partial charge in [-0.05, 0) is 59.9 Å². The summed E-state index contributed by atoms with van der Waals surface area (Å²) in [4.78, 5) is 13.8. The first kappa shape index (κ1) is 29.8. The largest absolute Gasteiger partial charge is 0.345 e. The topological polar surface area (TPSA) is 59.8 Å². The minimum atomic E-state index is -0.517. The van der Waals surface area contributed by atoms with Crippen molar-refractivity contribution in [2.24, 2.45) is 0 Å². The number of aromatic nitrogens is 3. The number of carbonyl (C=O) groups excluding carboxylic acids is 1. The molecule has 0 saturated heterocycles. The number of nitrogens with one attached hydrogen (secondary N) is 1. The fourth-order valence-electron chi connectivity index (χ4n) is 4.80. The van der Waals surface area contributed by atoms with E-state index in [0.717, 1.165) is 16.7 Å². The predicted octanol–water partition coefficient (Wildman–Crippen LogP) is 8.60. The number of hydrogen-bond acceptors (Lipinski definition) is 4. The fourth-order valence-corrected chi connectivity index (χ4v) is 6.21. The number of thioether (sulfide) groups is 1. The lowest BCUT2D eigenvalue weighted by Gasteiger charge is -2.23. The van der Waals surface area contributed by atoms with Gasteiger partial charge in [0.25, 0.3) is 0 Å². The lowest BCUT2D eigenvalue weighted by molar-refractivity contribution is -0.123. The SMILES string of the molecule is CCC(C(=O)NC(Cc1ccccc1)c1nnc(SCc2ccc(F)cc2)n1-c1ccc(Cl)cc1Cl)c1ccccc1. The van der Waals surface area contributed by atoms with E-state index < -0.39 is 6.04 Å². The lowest BCUT2D eigenvalue weighted by Crippen LogP contribution is -2.35. The monoisotopic (exact) mass is 618 g/mol. The second kappa shape index (κ2) is 14.0. The van der Waals surface area contributed by atoms with Crippen LogP contribution in [0.3, 0.4) is 0 Å². The van der Waals surface area contributed by atoms with Crippen LogP contribution in [-0.4, -0.2) is 20.7 Å². The van der Waals surface area contributed by atoms with Gasteiger partial charge in [-0.3, -0.25) is 9.36 Å². The third-order valence-electron chi connectivity index (χ3n) is 6.93. The number of benzene rings is 4. The van der Waals surface area contributed by atoms with Crippen molar-refractivity contribution in [3.8, 4) is 5.69 Å². The van der Waals surface area contributed by atoms with E-state index in [1.54, 1.807) is 24.3 Å². The van der Waals surface area contributed by atoms with Gasteiger partial charge < -0.3 is 5.32 Å². The van der Waals surface area contributed by atoms with Crippen molar-refractivity contribution < 1.29 is 9.18 Å². The maximum Gasteiger partial charge on any atom is 0.228 e. The Bertz CT molecular complexity index is 1630. The molecule has 0 radical (unpaired) electrons. The van der Waals surface area contributed by atoms with E-state index in [-0.39, 0.29) is 17.6 Å². The molecule has 5 aromatic rings. The number of carbonyl (C=O) groups is 1. The summed E-state index contributed by atoms with van der Waals surface area (Å²) in [7, 11) is 0. The van der Waals surface area contributed by atoms with E-state index in [4.69, 9.17) is 23.2 Å². The second-order valence-corrected chi connectivity index (χ2v) is 11.6. The molecule has 1 amide bonds. The molecule has 214 valence electrons. The first-order chi connectivity index (χ1) is 20.4. The van der Waals surface area contributed by atoms with Crippen molar-refractivity contribution in [3.05, 3.63) is 142 Å². The molecule has 2 atom stereocenters. The van der Waals surface area contributed by atoms with Gasteiger partial charge in [-0.15, -0.1) is 10.2 Å². The fraction of sp³-hybridized carbons (Fsp3) is 0.182. The average molecular weight is 620 g/mol. The zero-order chi connectivity index (χ0) is 29.5. The molecule has 2 unspecified atom stereocenters. The van der Waals surface area contributed by atoms with Gasteiger partial charge in [0.15, 0.2) is 11.0 Å². The summed E-state index contributed by atoms with van der Waals surface area (Å²) in [6.45, 7) is 2.00. The molecule has 0 bridgehead atoms. The smallest absolute Gasteiger partial charge is 0.228 e. The van der Waals surface area contributed by atoms with E-state index >= 15 is 0 Å². The highest BCUT2D eigenvalue weighted by molar-refractivity contribution is 7.98. The van der Waals surface area contributed by atoms with Gasteiger partial charge in [-0.25, -0.2) is 4.39 Å². The van der Waals surface area contributed by atoms with Crippen LogP contribution in [0.15, 0.2) is 108 Å². The molecule has 9 heteroatoms. The Balaban J connectivity index is 1.55. The Morgan fingerprint density at radius 1 is 0.905 bits per heavy atom.